The lowest BCUT2D eigenvalue weighted by molar-refractivity contribution is 0.0945. The minimum absolute atomic E-state index is 0.227. The quantitative estimate of drug-likeness (QED) is 0.834. The van der Waals surface area contributed by atoms with Gasteiger partial charge >= 0.3 is 0 Å². The van der Waals surface area contributed by atoms with Crippen LogP contribution in [0.1, 0.15) is 50.5 Å². The Bertz CT molecular complexity index is 594. The third-order valence-corrected chi connectivity index (χ3v) is 3.69. The van der Waals surface area contributed by atoms with E-state index in [2.05, 4.69) is 24.8 Å². The molecular weight excluding hydrogens is 236 g/mol. The topological polar surface area (TPSA) is 37.5 Å². The van der Waals surface area contributed by atoms with Gasteiger partial charge in [-0.25, -0.2) is 4.98 Å². The lowest BCUT2D eigenvalue weighted by Gasteiger charge is -2.23. The van der Waals surface area contributed by atoms with Crippen molar-refractivity contribution in [1.29, 1.82) is 0 Å². The van der Waals surface area contributed by atoms with E-state index in [9.17, 15) is 5.11 Å². The van der Waals surface area contributed by atoms with Crippen LogP contribution in [0.25, 0.3) is 5.52 Å². The molecule has 0 spiro atoms. The van der Waals surface area contributed by atoms with Crippen molar-refractivity contribution >= 4 is 5.52 Å². The van der Waals surface area contributed by atoms with Crippen LogP contribution in [0.5, 0.6) is 0 Å². The molecule has 0 saturated carbocycles. The van der Waals surface area contributed by atoms with Crippen molar-refractivity contribution in [2.75, 3.05) is 0 Å². The van der Waals surface area contributed by atoms with Crippen LogP contribution in [0.2, 0.25) is 0 Å². The highest BCUT2D eigenvalue weighted by atomic mass is 16.3. The van der Waals surface area contributed by atoms with Gasteiger partial charge in [-0.05, 0) is 24.5 Å². The molecule has 2 heterocycles. The predicted octanol–water partition coefficient (Wildman–Crippen LogP) is 3.18. The number of hydrogen-bond acceptors (Lipinski definition) is 2. The van der Waals surface area contributed by atoms with Crippen LogP contribution in [0.4, 0.5) is 0 Å². The molecule has 100 valence electrons. The maximum absolute atomic E-state index is 10.7. The predicted molar refractivity (Wildman–Crippen MR) is 76.8 cm³/mol. The van der Waals surface area contributed by atoms with Crippen LogP contribution in [-0.2, 0) is 0 Å². The Kier molecular flexibility index (Phi) is 4.24. The molecule has 0 amide bonds. The van der Waals surface area contributed by atoms with E-state index in [0.29, 0.717) is 0 Å². The Morgan fingerprint density at radius 3 is 2.84 bits per heavy atom. The van der Waals surface area contributed by atoms with E-state index >= 15 is 0 Å². The molecule has 0 aliphatic heterocycles. The number of hydrogen-bond donors (Lipinski definition) is 1. The lowest BCUT2D eigenvalue weighted by Crippen LogP contribution is -2.16. The molecule has 0 saturated heterocycles. The zero-order valence-corrected chi connectivity index (χ0v) is 11.5. The van der Waals surface area contributed by atoms with Crippen LogP contribution < -0.4 is 0 Å². The van der Waals surface area contributed by atoms with Gasteiger partial charge in [0.2, 0.25) is 0 Å². The number of aliphatic hydroxyl groups is 1. The third kappa shape index (κ3) is 2.50. The summed E-state index contributed by atoms with van der Waals surface area (Å²) in [5.74, 6) is 2.90. The van der Waals surface area contributed by atoms with Crippen LogP contribution in [-0.4, -0.2) is 14.5 Å². The second kappa shape index (κ2) is 5.90. The van der Waals surface area contributed by atoms with Crippen molar-refractivity contribution < 1.29 is 5.11 Å². The van der Waals surface area contributed by atoms with Crippen molar-refractivity contribution in [3.05, 3.63) is 35.9 Å². The van der Waals surface area contributed by atoms with Gasteiger partial charge in [0.05, 0.1) is 29.8 Å². The van der Waals surface area contributed by atoms with E-state index in [-0.39, 0.29) is 5.92 Å². The van der Waals surface area contributed by atoms with Gasteiger partial charge in [-0.3, -0.25) is 4.40 Å². The van der Waals surface area contributed by atoms with Crippen molar-refractivity contribution in [3.8, 4) is 12.3 Å². The van der Waals surface area contributed by atoms with Gasteiger partial charge in [-0.2, -0.15) is 0 Å². The van der Waals surface area contributed by atoms with Crippen molar-refractivity contribution in [1.82, 2.24) is 9.38 Å². The highest BCUT2D eigenvalue weighted by Gasteiger charge is 2.23. The largest absolute Gasteiger partial charge is 0.387 e. The molecule has 3 heteroatoms. The van der Waals surface area contributed by atoms with E-state index < -0.39 is 6.10 Å². The first-order valence-corrected chi connectivity index (χ1v) is 6.82. The van der Waals surface area contributed by atoms with Gasteiger partial charge in [0, 0.05) is 5.56 Å². The highest BCUT2D eigenvalue weighted by Crippen LogP contribution is 2.30. The molecular formula is C16H20N2O. The van der Waals surface area contributed by atoms with Gasteiger partial charge < -0.3 is 5.11 Å². The molecule has 2 unspecified atom stereocenters. The number of fused-ring (bicyclic) bond motifs is 1. The van der Waals surface area contributed by atoms with E-state index in [1.54, 1.807) is 12.5 Å². The molecule has 3 nitrogen and oxygen atoms in total. The Labute approximate surface area is 114 Å². The number of rotatable bonds is 5. The van der Waals surface area contributed by atoms with Gasteiger partial charge in [-0.15, -0.1) is 6.42 Å². The minimum atomic E-state index is -0.547. The molecule has 2 atom stereocenters. The van der Waals surface area contributed by atoms with Crippen LogP contribution in [0.3, 0.4) is 0 Å². The second-order valence-electron chi connectivity index (χ2n) is 4.87. The molecule has 0 aliphatic rings. The molecule has 0 radical (unpaired) electrons. The number of terminal acetylenes is 1. The Morgan fingerprint density at radius 2 is 2.21 bits per heavy atom. The highest BCUT2D eigenvalue weighted by molar-refractivity contribution is 5.52. The molecule has 0 aliphatic carbocycles. The van der Waals surface area contributed by atoms with Crippen molar-refractivity contribution in [2.24, 2.45) is 5.92 Å². The minimum Gasteiger partial charge on any atom is -0.387 e. The number of aromatic nitrogens is 2. The molecule has 2 rings (SSSR count). The van der Waals surface area contributed by atoms with Crippen molar-refractivity contribution in [2.45, 2.75) is 39.2 Å². The summed E-state index contributed by atoms with van der Waals surface area (Å²) >= 11 is 0. The van der Waals surface area contributed by atoms with Crippen LogP contribution in [0.15, 0.2) is 24.7 Å². The van der Waals surface area contributed by atoms with Gasteiger partial charge in [-0.1, -0.05) is 32.6 Å². The SMILES string of the molecule is C#Cc1ccc2cncn2c1C(O)C(CC)CCC. The summed E-state index contributed by atoms with van der Waals surface area (Å²) < 4.78 is 1.90. The molecule has 0 aromatic carbocycles. The smallest absolute Gasteiger partial charge is 0.0995 e. The molecule has 0 fully saturated rings. The zero-order chi connectivity index (χ0) is 13.8. The van der Waals surface area contributed by atoms with E-state index in [0.717, 1.165) is 36.0 Å². The lowest BCUT2D eigenvalue weighted by atomic mass is 9.90. The summed E-state index contributed by atoms with van der Waals surface area (Å²) in [4.78, 5) is 4.13. The maximum Gasteiger partial charge on any atom is 0.0995 e. The monoisotopic (exact) mass is 256 g/mol. The Balaban J connectivity index is 2.53. The Hall–Kier alpha value is -1.79. The average molecular weight is 256 g/mol. The first-order valence-electron chi connectivity index (χ1n) is 6.82. The van der Waals surface area contributed by atoms with Crippen LogP contribution >= 0.6 is 0 Å². The van der Waals surface area contributed by atoms with Gasteiger partial charge in [0.1, 0.15) is 0 Å². The number of aliphatic hydroxyl groups excluding tert-OH is 1. The molecule has 19 heavy (non-hydrogen) atoms. The third-order valence-electron chi connectivity index (χ3n) is 3.69. The molecule has 2 aromatic rings. The summed E-state index contributed by atoms with van der Waals surface area (Å²) in [7, 11) is 0. The number of imidazole rings is 1. The average Bonchev–Trinajstić information content (AvgIpc) is 2.91. The van der Waals surface area contributed by atoms with Crippen LogP contribution in [0, 0.1) is 18.3 Å². The molecule has 0 bridgehead atoms. The fourth-order valence-electron chi connectivity index (χ4n) is 2.62. The van der Waals surface area contributed by atoms with E-state index in [4.69, 9.17) is 6.42 Å². The van der Waals surface area contributed by atoms with E-state index in [1.165, 1.54) is 0 Å². The molecule has 2 aromatic heterocycles. The summed E-state index contributed by atoms with van der Waals surface area (Å²) in [5.41, 5.74) is 2.49. The maximum atomic E-state index is 10.7. The van der Waals surface area contributed by atoms with Gasteiger partial charge in [0.25, 0.3) is 0 Å². The Morgan fingerprint density at radius 1 is 1.42 bits per heavy atom. The summed E-state index contributed by atoms with van der Waals surface area (Å²) in [5, 5.41) is 10.7. The zero-order valence-electron chi connectivity index (χ0n) is 11.5. The molecule has 1 N–H and O–H groups in total. The van der Waals surface area contributed by atoms with Gasteiger partial charge in [0.15, 0.2) is 0 Å². The first kappa shape index (κ1) is 13.6. The first-order chi connectivity index (χ1) is 9.22. The fourth-order valence-corrected chi connectivity index (χ4v) is 2.62. The number of pyridine rings is 1. The summed E-state index contributed by atoms with van der Waals surface area (Å²) in [6.45, 7) is 4.24. The summed E-state index contributed by atoms with van der Waals surface area (Å²) in [6, 6.07) is 3.81. The fraction of sp³-hybridized carbons (Fsp3) is 0.438. The standard InChI is InChI=1S/C16H20N2O/c1-4-7-13(6-3)16(19)15-12(5-2)8-9-14-10-17-11-18(14)15/h2,8-11,13,16,19H,4,6-7H2,1,3H3. The normalized spacial score (nSPS) is 14.2. The van der Waals surface area contributed by atoms with Crippen molar-refractivity contribution in [3.63, 3.8) is 0 Å². The summed E-state index contributed by atoms with van der Waals surface area (Å²) in [6.07, 6.45) is 11.5. The van der Waals surface area contributed by atoms with E-state index in [1.807, 2.05) is 16.5 Å². The second-order valence-corrected chi connectivity index (χ2v) is 4.87. The number of nitrogens with zero attached hydrogens (tertiary/aromatic N) is 2.